The molecule has 0 spiro atoms. The molecule has 0 radical (unpaired) electrons. The second-order valence-electron chi connectivity index (χ2n) is 3.69. The highest BCUT2D eigenvalue weighted by Crippen LogP contribution is 2.11. The van der Waals surface area contributed by atoms with Gasteiger partial charge in [-0.3, -0.25) is 4.90 Å². The first-order valence-electron chi connectivity index (χ1n) is 5.36. The third-order valence-corrected chi connectivity index (χ3v) is 3.53. The summed E-state index contributed by atoms with van der Waals surface area (Å²) in [6.45, 7) is 7.64. The molecule has 1 atom stereocenters. The Balaban J connectivity index is 2.04. The lowest BCUT2D eigenvalue weighted by Gasteiger charge is -2.32. The fourth-order valence-corrected chi connectivity index (χ4v) is 2.56. The SMILES string of the molecule is COCCNCC(C)N1CCSCC1. The third-order valence-electron chi connectivity index (χ3n) is 2.59. The second kappa shape index (κ2) is 7.51. The van der Waals surface area contributed by atoms with Crippen molar-refractivity contribution in [2.75, 3.05) is 51.4 Å². The summed E-state index contributed by atoms with van der Waals surface area (Å²) in [5.74, 6) is 2.59. The summed E-state index contributed by atoms with van der Waals surface area (Å²) in [6, 6.07) is 0.660. The minimum Gasteiger partial charge on any atom is -0.383 e. The molecular weight excluding hydrogens is 196 g/mol. The number of ether oxygens (including phenoxy) is 1. The molecule has 0 aliphatic carbocycles. The van der Waals surface area contributed by atoms with Crippen LogP contribution in [-0.4, -0.2) is 62.3 Å². The van der Waals surface area contributed by atoms with Crippen LogP contribution in [-0.2, 0) is 4.74 Å². The molecule has 3 nitrogen and oxygen atoms in total. The largest absolute Gasteiger partial charge is 0.383 e. The van der Waals surface area contributed by atoms with Crippen LogP contribution in [0, 0.1) is 0 Å². The Kier molecular flexibility index (Phi) is 6.60. The van der Waals surface area contributed by atoms with Gasteiger partial charge in [0.15, 0.2) is 0 Å². The van der Waals surface area contributed by atoms with E-state index in [2.05, 4.69) is 28.9 Å². The van der Waals surface area contributed by atoms with Gasteiger partial charge >= 0.3 is 0 Å². The summed E-state index contributed by atoms with van der Waals surface area (Å²) in [6.07, 6.45) is 0. The fourth-order valence-electron chi connectivity index (χ4n) is 1.63. The van der Waals surface area contributed by atoms with Crippen LogP contribution in [0.1, 0.15) is 6.92 Å². The molecule has 1 unspecified atom stereocenters. The lowest BCUT2D eigenvalue weighted by molar-refractivity contribution is 0.188. The zero-order valence-electron chi connectivity index (χ0n) is 9.29. The van der Waals surface area contributed by atoms with Crippen molar-refractivity contribution in [3.05, 3.63) is 0 Å². The van der Waals surface area contributed by atoms with Crippen molar-refractivity contribution in [1.82, 2.24) is 10.2 Å². The number of hydrogen-bond donors (Lipinski definition) is 1. The van der Waals surface area contributed by atoms with Crippen LogP contribution in [0.3, 0.4) is 0 Å². The van der Waals surface area contributed by atoms with E-state index in [-0.39, 0.29) is 0 Å². The highest BCUT2D eigenvalue weighted by molar-refractivity contribution is 7.99. The quantitative estimate of drug-likeness (QED) is 0.662. The van der Waals surface area contributed by atoms with E-state index in [1.54, 1.807) is 7.11 Å². The summed E-state index contributed by atoms with van der Waals surface area (Å²) < 4.78 is 4.99. The van der Waals surface area contributed by atoms with Crippen molar-refractivity contribution in [1.29, 1.82) is 0 Å². The molecule has 84 valence electrons. The molecule has 0 aromatic heterocycles. The number of thioether (sulfide) groups is 1. The minimum atomic E-state index is 0.660. The molecule has 1 fully saturated rings. The van der Waals surface area contributed by atoms with E-state index in [1.165, 1.54) is 24.6 Å². The van der Waals surface area contributed by atoms with Crippen LogP contribution in [0.2, 0.25) is 0 Å². The molecule has 0 aromatic rings. The van der Waals surface area contributed by atoms with Gasteiger partial charge < -0.3 is 10.1 Å². The van der Waals surface area contributed by atoms with Gasteiger partial charge in [0.2, 0.25) is 0 Å². The number of rotatable bonds is 6. The normalized spacial score (nSPS) is 21.0. The van der Waals surface area contributed by atoms with Crippen molar-refractivity contribution in [3.63, 3.8) is 0 Å². The Morgan fingerprint density at radius 3 is 2.79 bits per heavy atom. The predicted octanol–water partition coefficient (Wildman–Crippen LogP) is 0.660. The maximum atomic E-state index is 4.99. The van der Waals surface area contributed by atoms with Crippen molar-refractivity contribution in [2.24, 2.45) is 0 Å². The smallest absolute Gasteiger partial charge is 0.0587 e. The molecular formula is C10H22N2OS. The predicted molar refractivity (Wildman–Crippen MR) is 63.1 cm³/mol. The lowest BCUT2D eigenvalue weighted by atomic mass is 10.2. The summed E-state index contributed by atoms with van der Waals surface area (Å²) in [5.41, 5.74) is 0. The molecule has 0 amide bonds. The first-order valence-corrected chi connectivity index (χ1v) is 6.51. The molecule has 1 aliphatic rings. The molecule has 0 saturated carbocycles. The number of nitrogens with zero attached hydrogens (tertiary/aromatic N) is 1. The standard InChI is InChI=1S/C10H22N2OS/c1-10(9-11-3-6-13-2)12-4-7-14-8-5-12/h10-11H,3-9H2,1-2H3. The first kappa shape index (κ1) is 12.3. The van der Waals surface area contributed by atoms with Gasteiger partial charge in [-0.15, -0.1) is 0 Å². The van der Waals surface area contributed by atoms with Crippen LogP contribution >= 0.6 is 11.8 Å². The average molecular weight is 218 g/mol. The fraction of sp³-hybridized carbons (Fsp3) is 1.00. The monoisotopic (exact) mass is 218 g/mol. The number of hydrogen-bond acceptors (Lipinski definition) is 4. The third kappa shape index (κ3) is 4.64. The molecule has 1 N–H and O–H groups in total. The lowest BCUT2D eigenvalue weighted by Crippen LogP contribution is -2.45. The van der Waals surface area contributed by atoms with E-state index < -0.39 is 0 Å². The Labute approximate surface area is 91.6 Å². The van der Waals surface area contributed by atoms with Gasteiger partial charge in [0.25, 0.3) is 0 Å². The Morgan fingerprint density at radius 1 is 1.43 bits per heavy atom. The van der Waals surface area contributed by atoms with Gasteiger partial charge in [-0.2, -0.15) is 11.8 Å². The van der Waals surface area contributed by atoms with Crippen molar-refractivity contribution in [2.45, 2.75) is 13.0 Å². The van der Waals surface area contributed by atoms with E-state index in [1.807, 2.05) is 0 Å². The van der Waals surface area contributed by atoms with Crippen molar-refractivity contribution in [3.8, 4) is 0 Å². The van der Waals surface area contributed by atoms with E-state index in [0.29, 0.717) is 6.04 Å². The molecule has 4 heteroatoms. The van der Waals surface area contributed by atoms with E-state index in [9.17, 15) is 0 Å². The van der Waals surface area contributed by atoms with Gasteiger partial charge in [-0.25, -0.2) is 0 Å². The zero-order valence-corrected chi connectivity index (χ0v) is 10.1. The van der Waals surface area contributed by atoms with Gasteiger partial charge in [-0.1, -0.05) is 0 Å². The van der Waals surface area contributed by atoms with Crippen LogP contribution in [0.15, 0.2) is 0 Å². The highest BCUT2D eigenvalue weighted by Gasteiger charge is 2.15. The van der Waals surface area contributed by atoms with Gasteiger partial charge in [0, 0.05) is 50.8 Å². The van der Waals surface area contributed by atoms with Gasteiger partial charge in [0.1, 0.15) is 0 Å². The molecule has 14 heavy (non-hydrogen) atoms. The second-order valence-corrected chi connectivity index (χ2v) is 4.92. The molecule has 1 aliphatic heterocycles. The Hall–Kier alpha value is 0.230. The number of methoxy groups -OCH3 is 1. The van der Waals surface area contributed by atoms with E-state index in [0.717, 1.165) is 19.7 Å². The first-order chi connectivity index (χ1) is 6.84. The summed E-state index contributed by atoms with van der Waals surface area (Å²) >= 11 is 2.07. The Bertz CT molecular complexity index is 140. The number of nitrogens with one attached hydrogen (secondary N) is 1. The minimum absolute atomic E-state index is 0.660. The maximum absolute atomic E-state index is 4.99. The van der Waals surface area contributed by atoms with E-state index in [4.69, 9.17) is 4.74 Å². The van der Waals surface area contributed by atoms with Crippen LogP contribution in [0.4, 0.5) is 0 Å². The Morgan fingerprint density at radius 2 is 2.14 bits per heavy atom. The van der Waals surface area contributed by atoms with Gasteiger partial charge in [0.05, 0.1) is 6.61 Å². The summed E-state index contributed by atoms with van der Waals surface area (Å²) in [7, 11) is 1.74. The van der Waals surface area contributed by atoms with Crippen LogP contribution in [0.5, 0.6) is 0 Å². The van der Waals surface area contributed by atoms with Crippen molar-refractivity contribution >= 4 is 11.8 Å². The molecule has 1 heterocycles. The molecule has 1 saturated heterocycles. The maximum Gasteiger partial charge on any atom is 0.0587 e. The van der Waals surface area contributed by atoms with E-state index >= 15 is 0 Å². The molecule has 0 aromatic carbocycles. The molecule has 1 rings (SSSR count). The zero-order chi connectivity index (χ0) is 10.2. The van der Waals surface area contributed by atoms with Crippen LogP contribution < -0.4 is 5.32 Å². The topological polar surface area (TPSA) is 24.5 Å². The molecule has 0 bridgehead atoms. The highest BCUT2D eigenvalue weighted by atomic mass is 32.2. The van der Waals surface area contributed by atoms with Crippen LogP contribution in [0.25, 0.3) is 0 Å². The van der Waals surface area contributed by atoms with Gasteiger partial charge in [-0.05, 0) is 6.92 Å². The van der Waals surface area contributed by atoms with Crippen molar-refractivity contribution < 1.29 is 4.74 Å². The summed E-state index contributed by atoms with van der Waals surface area (Å²) in [5, 5.41) is 3.41. The average Bonchev–Trinajstić information content (AvgIpc) is 2.25. The summed E-state index contributed by atoms with van der Waals surface area (Å²) in [4.78, 5) is 2.57.